The van der Waals surface area contributed by atoms with E-state index < -0.39 is 27.5 Å². The summed E-state index contributed by atoms with van der Waals surface area (Å²) in [6.45, 7) is 4.81. The molecule has 252 valence electrons. The fourth-order valence-corrected chi connectivity index (χ4v) is 8.93. The average molecular weight is 693 g/mol. The SMILES string of the molecule is COc1ccc(S(=O)(=O)N2C(=O)C(c3cc(CN4CCN(C)CC4)ccc3OC)(N3CCC[C@H]3c3ncon3)c3cc(Cl)ccc32)cc1. The second-order valence-electron chi connectivity index (χ2n) is 12.4. The summed E-state index contributed by atoms with van der Waals surface area (Å²) < 4.78 is 46.5. The van der Waals surface area contributed by atoms with Crippen LogP contribution in [0.1, 0.15) is 41.4 Å². The summed E-state index contributed by atoms with van der Waals surface area (Å²) in [5, 5.41) is 4.53. The Hall–Kier alpha value is -4.01. The summed E-state index contributed by atoms with van der Waals surface area (Å²) >= 11 is 6.69. The van der Waals surface area contributed by atoms with E-state index in [0.29, 0.717) is 59.4 Å². The number of hydrogen-bond donors (Lipinski definition) is 0. The van der Waals surface area contributed by atoms with Crippen LogP contribution >= 0.6 is 11.6 Å². The van der Waals surface area contributed by atoms with Crippen molar-refractivity contribution in [3.63, 3.8) is 0 Å². The van der Waals surface area contributed by atoms with Gasteiger partial charge in [0.1, 0.15) is 11.5 Å². The van der Waals surface area contributed by atoms with Crippen LogP contribution in [0.3, 0.4) is 0 Å². The summed E-state index contributed by atoms with van der Waals surface area (Å²) in [6, 6.07) is 16.3. The minimum absolute atomic E-state index is 0.0553. The quantitative estimate of drug-likeness (QED) is 0.250. The fraction of sp³-hybridized carbons (Fsp3) is 0.382. The van der Waals surface area contributed by atoms with E-state index in [1.807, 2.05) is 23.1 Å². The van der Waals surface area contributed by atoms with Crippen LogP contribution in [0.5, 0.6) is 11.5 Å². The number of rotatable bonds is 9. The first kappa shape index (κ1) is 32.5. The van der Waals surface area contributed by atoms with Gasteiger partial charge in [-0.05, 0) is 80.1 Å². The Labute approximate surface area is 284 Å². The van der Waals surface area contributed by atoms with Crippen LogP contribution in [-0.2, 0) is 26.9 Å². The molecule has 0 radical (unpaired) electrons. The number of hydrogen-bond acceptors (Lipinski definition) is 11. The van der Waals surface area contributed by atoms with Crippen molar-refractivity contribution in [1.29, 1.82) is 0 Å². The van der Waals surface area contributed by atoms with Gasteiger partial charge in [-0.1, -0.05) is 22.8 Å². The highest BCUT2D eigenvalue weighted by Crippen LogP contribution is 2.56. The van der Waals surface area contributed by atoms with Gasteiger partial charge in [-0.2, -0.15) is 4.98 Å². The number of carbonyl (C=O) groups excluding carboxylic acids is 1. The number of likely N-dealkylation sites (tertiary alicyclic amines) is 1. The molecule has 0 bridgehead atoms. The first-order chi connectivity index (χ1) is 23.2. The van der Waals surface area contributed by atoms with Crippen LogP contribution in [0.2, 0.25) is 5.02 Å². The molecule has 1 unspecified atom stereocenters. The summed E-state index contributed by atoms with van der Waals surface area (Å²) in [6.07, 6.45) is 2.59. The van der Waals surface area contributed by atoms with E-state index in [2.05, 4.69) is 27.0 Å². The highest BCUT2D eigenvalue weighted by Gasteiger charge is 2.62. The molecule has 3 aromatic carbocycles. The highest BCUT2D eigenvalue weighted by atomic mass is 35.5. The number of anilines is 1. The lowest BCUT2D eigenvalue weighted by Gasteiger charge is -2.41. The largest absolute Gasteiger partial charge is 0.497 e. The van der Waals surface area contributed by atoms with E-state index in [1.54, 1.807) is 37.4 Å². The molecule has 0 saturated carbocycles. The summed E-state index contributed by atoms with van der Waals surface area (Å²) in [5.74, 6) is 0.678. The second kappa shape index (κ2) is 12.8. The van der Waals surface area contributed by atoms with Crippen molar-refractivity contribution in [2.75, 3.05) is 58.3 Å². The van der Waals surface area contributed by atoms with Gasteiger partial charge >= 0.3 is 0 Å². The molecule has 48 heavy (non-hydrogen) atoms. The van der Waals surface area contributed by atoms with Gasteiger partial charge in [-0.15, -0.1) is 0 Å². The van der Waals surface area contributed by atoms with E-state index in [9.17, 15) is 8.42 Å². The molecule has 0 aliphatic carbocycles. The molecular weight excluding hydrogens is 656 g/mol. The molecule has 0 spiro atoms. The number of likely N-dealkylation sites (N-methyl/N-ethyl adjacent to an activating group) is 1. The number of methoxy groups -OCH3 is 2. The fourth-order valence-electron chi connectivity index (χ4n) is 7.29. The maximum absolute atomic E-state index is 15.5. The zero-order valence-electron chi connectivity index (χ0n) is 27.0. The minimum Gasteiger partial charge on any atom is -0.497 e. The van der Waals surface area contributed by atoms with Gasteiger partial charge in [0.2, 0.25) is 6.39 Å². The number of ether oxygens (including phenoxy) is 2. The average Bonchev–Trinajstić information content (AvgIpc) is 3.85. The monoisotopic (exact) mass is 692 g/mol. The Morgan fingerprint density at radius 1 is 0.958 bits per heavy atom. The van der Waals surface area contributed by atoms with Gasteiger partial charge in [0.15, 0.2) is 11.4 Å². The Morgan fingerprint density at radius 3 is 2.42 bits per heavy atom. The van der Waals surface area contributed by atoms with Crippen LogP contribution in [0, 0.1) is 0 Å². The molecule has 1 amide bonds. The molecule has 2 fully saturated rings. The number of nitrogens with zero attached hydrogens (tertiary/aromatic N) is 6. The molecule has 2 atom stereocenters. The van der Waals surface area contributed by atoms with Gasteiger partial charge in [0.25, 0.3) is 15.9 Å². The van der Waals surface area contributed by atoms with E-state index >= 15 is 4.79 Å². The minimum atomic E-state index is -4.42. The van der Waals surface area contributed by atoms with E-state index in [-0.39, 0.29) is 10.6 Å². The predicted molar refractivity (Wildman–Crippen MR) is 179 cm³/mol. The third-order valence-corrected chi connectivity index (χ3v) is 11.6. The molecule has 1 aromatic heterocycles. The van der Waals surface area contributed by atoms with Crippen molar-refractivity contribution in [3.8, 4) is 11.5 Å². The van der Waals surface area contributed by atoms with Gasteiger partial charge in [0.05, 0.1) is 30.8 Å². The summed E-state index contributed by atoms with van der Waals surface area (Å²) in [5.41, 5.74) is 0.462. The van der Waals surface area contributed by atoms with E-state index in [1.165, 1.54) is 25.6 Å². The topological polar surface area (TPSA) is 122 Å². The number of aromatic nitrogens is 2. The lowest BCUT2D eigenvalue weighted by atomic mass is 9.80. The molecule has 2 saturated heterocycles. The molecule has 7 rings (SSSR count). The Morgan fingerprint density at radius 2 is 1.73 bits per heavy atom. The number of amides is 1. The Kier molecular flexibility index (Phi) is 8.67. The zero-order chi connectivity index (χ0) is 33.6. The predicted octanol–water partition coefficient (Wildman–Crippen LogP) is 4.30. The molecular formula is C34H37ClN6O6S. The maximum atomic E-state index is 15.5. The molecule has 4 heterocycles. The van der Waals surface area contributed by atoms with Gasteiger partial charge in [0, 0.05) is 55.4 Å². The first-order valence-electron chi connectivity index (χ1n) is 15.8. The molecule has 3 aliphatic heterocycles. The van der Waals surface area contributed by atoms with Crippen molar-refractivity contribution >= 4 is 33.2 Å². The van der Waals surface area contributed by atoms with Crippen LogP contribution < -0.4 is 13.8 Å². The number of benzene rings is 3. The zero-order valence-corrected chi connectivity index (χ0v) is 28.6. The van der Waals surface area contributed by atoms with Crippen LogP contribution in [-0.4, -0.2) is 93.2 Å². The lowest BCUT2D eigenvalue weighted by Crippen LogP contribution is -2.55. The van der Waals surface area contributed by atoms with Crippen LogP contribution in [0.15, 0.2) is 76.5 Å². The first-order valence-corrected chi connectivity index (χ1v) is 17.7. The van der Waals surface area contributed by atoms with Crippen molar-refractivity contribution < 1.29 is 27.2 Å². The lowest BCUT2D eigenvalue weighted by molar-refractivity contribution is -0.127. The maximum Gasteiger partial charge on any atom is 0.271 e. The number of piperazine rings is 1. The summed E-state index contributed by atoms with van der Waals surface area (Å²) in [4.78, 5) is 26.5. The molecule has 3 aliphatic rings. The number of halogens is 1. The smallest absolute Gasteiger partial charge is 0.271 e. The normalized spacial score (nSPS) is 22.3. The standard InChI is InChI=1S/C34H37ClN6O6S/c1-38-15-17-39(18-16-38)21-23-6-13-31(46-3)28(19-23)34(40-14-4-5-30(40)32-36-22-47-37-32)27-20-24(35)7-12-29(27)41(33(34)42)48(43,44)26-10-8-25(45-2)9-11-26/h6-13,19-20,22,30H,4-5,14-18,21H2,1-3H3/t30-,34?/m0/s1. The Bertz CT molecular complexity index is 1920. The third kappa shape index (κ3) is 5.34. The van der Waals surface area contributed by atoms with Crippen LogP contribution in [0.4, 0.5) is 5.69 Å². The van der Waals surface area contributed by atoms with E-state index in [4.69, 9.17) is 25.6 Å². The third-order valence-electron chi connectivity index (χ3n) is 9.67. The van der Waals surface area contributed by atoms with Crippen molar-refractivity contribution in [1.82, 2.24) is 24.8 Å². The molecule has 4 aromatic rings. The number of sulfonamides is 1. The second-order valence-corrected chi connectivity index (χ2v) is 14.6. The summed E-state index contributed by atoms with van der Waals surface area (Å²) in [7, 11) is 0.749. The van der Waals surface area contributed by atoms with Crippen LogP contribution in [0.25, 0.3) is 0 Å². The van der Waals surface area contributed by atoms with Crippen molar-refractivity contribution in [3.05, 3.63) is 94.6 Å². The van der Waals surface area contributed by atoms with Crippen molar-refractivity contribution in [2.45, 2.75) is 35.9 Å². The number of carbonyl (C=O) groups is 1. The van der Waals surface area contributed by atoms with Crippen molar-refractivity contribution in [2.24, 2.45) is 0 Å². The van der Waals surface area contributed by atoms with Gasteiger partial charge in [-0.25, -0.2) is 12.7 Å². The molecule has 12 nitrogen and oxygen atoms in total. The Balaban J connectivity index is 1.46. The molecule has 0 N–H and O–H groups in total. The van der Waals surface area contributed by atoms with E-state index in [0.717, 1.165) is 36.0 Å². The van der Waals surface area contributed by atoms with Gasteiger partial charge in [-0.3, -0.25) is 14.6 Å². The highest BCUT2D eigenvalue weighted by molar-refractivity contribution is 7.93. The van der Waals surface area contributed by atoms with Gasteiger partial charge < -0.3 is 18.9 Å². The molecule has 14 heteroatoms. The number of fused-ring (bicyclic) bond motifs is 1.